The van der Waals surface area contributed by atoms with E-state index in [1.165, 1.54) is 12.8 Å². The molecule has 2 rings (SSSR count). The van der Waals surface area contributed by atoms with Gasteiger partial charge in [-0.15, -0.1) is 0 Å². The highest BCUT2D eigenvalue weighted by Crippen LogP contribution is 2.08. The quantitative estimate of drug-likeness (QED) is 0.740. The molecule has 0 saturated carbocycles. The van der Waals surface area contributed by atoms with Gasteiger partial charge in [0.15, 0.2) is 5.78 Å². The number of hydrogen-bond acceptors (Lipinski definition) is 4. The molecule has 0 radical (unpaired) electrons. The highest BCUT2D eigenvalue weighted by Gasteiger charge is 2.13. The molecule has 0 spiro atoms. The van der Waals surface area contributed by atoms with E-state index in [0.29, 0.717) is 18.2 Å². The van der Waals surface area contributed by atoms with Crippen molar-refractivity contribution in [2.75, 3.05) is 26.2 Å². The summed E-state index contributed by atoms with van der Waals surface area (Å²) in [6, 6.07) is 5.41. The Balaban J connectivity index is 1.69. The lowest BCUT2D eigenvalue weighted by atomic mass is 10.00. The third-order valence-electron chi connectivity index (χ3n) is 3.07. The summed E-state index contributed by atoms with van der Waals surface area (Å²) in [5.41, 5.74) is 0.543. The third kappa shape index (κ3) is 3.91. The monoisotopic (exact) mass is 233 g/mol. The second-order valence-corrected chi connectivity index (χ2v) is 4.48. The van der Waals surface area contributed by atoms with E-state index in [9.17, 15) is 4.79 Å². The van der Waals surface area contributed by atoms with Crippen LogP contribution in [0.25, 0.3) is 0 Å². The molecule has 1 saturated heterocycles. The van der Waals surface area contributed by atoms with E-state index < -0.39 is 0 Å². The molecule has 1 unspecified atom stereocenters. The SMILES string of the molecule is O=C(CNCC1CCCNC1)c1ccccn1. The predicted octanol–water partition coefficient (Wildman–Crippen LogP) is 0.853. The fourth-order valence-corrected chi connectivity index (χ4v) is 2.11. The molecule has 1 aliphatic rings. The zero-order chi connectivity index (χ0) is 11.9. The van der Waals surface area contributed by atoms with Gasteiger partial charge in [-0.25, -0.2) is 0 Å². The van der Waals surface area contributed by atoms with Crippen molar-refractivity contribution in [2.45, 2.75) is 12.8 Å². The Morgan fingerprint density at radius 3 is 3.18 bits per heavy atom. The predicted molar refractivity (Wildman–Crippen MR) is 67.0 cm³/mol. The van der Waals surface area contributed by atoms with Crippen LogP contribution in [0.15, 0.2) is 24.4 Å². The van der Waals surface area contributed by atoms with Crippen molar-refractivity contribution in [1.82, 2.24) is 15.6 Å². The lowest BCUT2D eigenvalue weighted by molar-refractivity contribution is 0.0984. The summed E-state index contributed by atoms with van der Waals surface area (Å²) in [5.74, 6) is 0.717. The minimum Gasteiger partial charge on any atom is -0.316 e. The van der Waals surface area contributed by atoms with Crippen molar-refractivity contribution in [2.24, 2.45) is 5.92 Å². The maximum Gasteiger partial charge on any atom is 0.194 e. The number of Topliss-reactive ketones (excluding diaryl/α,β-unsaturated/α-hetero) is 1. The number of piperidine rings is 1. The molecular formula is C13H19N3O. The minimum absolute atomic E-state index is 0.0642. The molecular weight excluding hydrogens is 214 g/mol. The van der Waals surface area contributed by atoms with Crippen molar-refractivity contribution in [3.05, 3.63) is 30.1 Å². The average Bonchev–Trinajstić information content (AvgIpc) is 2.41. The van der Waals surface area contributed by atoms with Gasteiger partial charge in [-0.2, -0.15) is 0 Å². The van der Waals surface area contributed by atoms with Gasteiger partial charge in [-0.3, -0.25) is 9.78 Å². The Labute approximate surface area is 102 Å². The summed E-state index contributed by atoms with van der Waals surface area (Å²) in [4.78, 5) is 15.8. The Bertz CT molecular complexity index is 347. The molecule has 4 heteroatoms. The van der Waals surface area contributed by atoms with Gasteiger partial charge in [-0.05, 0) is 50.5 Å². The minimum atomic E-state index is 0.0642. The largest absolute Gasteiger partial charge is 0.316 e. The van der Waals surface area contributed by atoms with Crippen LogP contribution in [-0.2, 0) is 0 Å². The maximum absolute atomic E-state index is 11.7. The molecule has 1 atom stereocenters. The number of nitrogens with zero attached hydrogens (tertiary/aromatic N) is 1. The van der Waals surface area contributed by atoms with Gasteiger partial charge in [0.25, 0.3) is 0 Å². The first-order valence-electron chi connectivity index (χ1n) is 6.22. The molecule has 0 bridgehead atoms. The summed E-state index contributed by atoms with van der Waals surface area (Å²) in [7, 11) is 0. The number of nitrogens with one attached hydrogen (secondary N) is 2. The van der Waals surface area contributed by atoms with Gasteiger partial charge < -0.3 is 10.6 Å². The highest BCUT2D eigenvalue weighted by molar-refractivity contribution is 5.95. The Morgan fingerprint density at radius 1 is 1.53 bits per heavy atom. The Morgan fingerprint density at radius 2 is 2.47 bits per heavy atom. The smallest absolute Gasteiger partial charge is 0.194 e. The van der Waals surface area contributed by atoms with Crippen molar-refractivity contribution >= 4 is 5.78 Å². The molecule has 17 heavy (non-hydrogen) atoms. The second kappa shape index (κ2) is 6.47. The van der Waals surface area contributed by atoms with Gasteiger partial charge in [0, 0.05) is 6.20 Å². The molecule has 4 nitrogen and oxygen atoms in total. The number of carbonyl (C=O) groups excluding carboxylic acids is 1. The number of rotatable bonds is 5. The third-order valence-corrected chi connectivity index (χ3v) is 3.07. The van der Waals surface area contributed by atoms with Gasteiger partial charge in [0.05, 0.1) is 6.54 Å². The van der Waals surface area contributed by atoms with E-state index in [1.807, 2.05) is 12.1 Å². The molecule has 1 aliphatic heterocycles. The van der Waals surface area contributed by atoms with Crippen molar-refractivity contribution in [3.63, 3.8) is 0 Å². The number of ketones is 1. The van der Waals surface area contributed by atoms with Gasteiger partial charge in [0.1, 0.15) is 5.69 Å². The van der Waals surface area contributed by atoms with Gasteiger partial charge >= 0.3 is 0 Å². The van der Waals surface area contributed by atoms with Crippen LogP contribution in [0.4, 0.5) is 0 Å². The Hall–Kier alpha value is -1.26. The first-order chi connectivity index (χ1) is 8.36. The number of hydrogen-bond donors (Lipinski definition) is 2. The molecule has 1 fully saturated rings. The molecule has 2 N–H and O–H groups in total. The van der Waals surface area contributed by atoms with Crippen molar-refractivity contribution in [1.29, 1.82) is 0 Å². The lowest BCUT2D eigenvalue weighted by Gasteiger charge is -2.22. The van der Waals surface area contributed by atoms with Crippen LogP contribution in [0.3, 0.4) is 0 Å². The van der Waals surface area contributed by atoms with E-state index in [4.69, 9.17) is 0 Å². The summed E-state index contributed by atoms with van der Waals surface area (Å²) >= 11 is 0. The summed E-state index contributed by atoms with van der Waals surface area (Å²) in [5, 5.41) is 6.59. The summed E-state index contributed by atoms with van der Waals surface area (Å²) in [6.07, 6.45) is 4.14. The van der Waals surface area contributed by atoms with Crippen LogP contribution in [0.5, 0.6) is 0 Å². The van der Waals surface area contributed by atoms with Crippen LogP contribution in [0.2, 0.25) is 0 Å². The zero-order valence-electron chi connectivity index (χ0n) is 9.98. The van der Waals surface area contributed by atoms with Crippen LogP contribution < -0.4 is 10.6 Å². The zero-order valence-corrected chi connectivity index (χ0v) is 9.98. The van der Waals surface area contributed by atoms with Crippen molar-refractivity contribution in [3.8, 4) is 0 Å². The standard InChI is InChI=1S/C13H19N3O/c17-13(12-5-1-2-7-16-12)10-15-9-11-4-3-6-14-8-11/h1-2,5,7,11,14-15H,3-4,6,8-10H2. The maximum atomic E-state index is 11.7. The molecule has 1 aromatic heterocycles. The number of carbonyl (C=O) groups is 1. The molecule has 1 aromatic rings. The van der Waals surface area contributed by atoms with Crippen LogP contribution >= 0.6 is 0 Å². The second-order valence-electron chi connectivity index (χ2n) is 4.48. The van der Waals surface area contributed by atoms with Crippen LogP contribution in [0, 0.1) is 5.92 Å². The van der Waals surface area contributed by atoms with E-state index in [1.54, 1.807) is 12.3 Å². The van der Waals surface area contributed by atoms with Crippen molar-refractivity contribution < 1.29 is 4.79 Å². The van der Waals surface area contributed by atoms with Crippen LogP contribution in [0.1, 0.15) is 23.3 Å². The van der Waals surface area contributed by atoms with Gasteiger partial charge in [-0.1, -0.05) is 6.07 Å². The fourth-order valence-electron chi connectivity index (χ4n) is 2.11. The lowest BCUT2D eigenvalue weighted by Crippen LogP contribution is -2.37. The molecule has 0 aromatic carbocycles. The van der Waals surface area contributed by atoms with E-state index >= 15 is 0 Å². The number of pyridine rings is 1. The Kier molecular flexibility index (Phi) is 4.64. The van der Waals surface area contributed by atoms with Gasteiger partial charge in [0.2, 0.25) is 0 Å². The van der Waals surface area contributed by atoms with E-state index in [0.717, 1.165) is 19.6 Å². The summed E-state index contributed by atoms with van der Waals surface area (Å²) < 4.78 is 0. The fraction of sp³-hybridized carbons (Fsp3) is 0.538. The van der Waals surface area contributed by atoms with E-state index in [2.05, 4.69) is 15.6 Å². The van der Waals surface area contributed by atoms with E-state index in [-0.39, 0.29) is 5.78 Å². The molecule has 92 valence electrons. The number of aromatic nitrogens is 1. The summed E-state index contributed by atoms with van der Waals surface area (Å²) in [6.45, 7) is 3.48. The molecule has 0 amide bonds. The molecule has 2 heterocycles. The highest BCUT2D eigenvalue weighted by atomic mass is 16.1. The molecule has 0 aliphatic carbocycles. The first kappa shape index (κ1) is 12.2. The van der Waals surface area contributed by atoms with Crippen LogP contribution in [-0.4, -0.2) is 36.9 Å². The topological polar surface area (TPSA) is 54.0 Å². The normalized spacial score (nSPS) is 20.1. The average molecular weight is 233 g/mol. The first-order valence-corrected chi connectivity index (χ1v) is 6.22.